The van der Waals surface area contributed by atoms with Crippen LogP contribution in [-0.2, 0) is 4.79 Å². The van der Waals surface area contributed by atoms with Gasteiger partial charge in [-0.25, -0.2) is 0 Å². The van der Waals surface area contributed by atoms with E-state index in [1.54, 1.807) is 0 Å². The van der Waals surface area contributed by atoms with Gasteiger partial charge >= 0.3 is 0 Å². The number of nitrogens with one attached hydrogen (secondary N) is 2. The minimum Gasteiger partial charge on any atom is -0.368 e. The van der Waals surface area contributed by atoms with Crippen molar-refractivity contribution in [2.45, 2.75) is 6.04 Å². The van der Waals surface area contributed by atoms with Gasteiger partial charge in [0.15, 0.2) is 11.2 Å². The van der Waals surface area contributed by atoms with Gasteiger partial charge < -0.3 is 16.4 Å². The van der Waals surface area contributed by atoms with Crippen molar-refractivity contribution < 1.29 is 4.79 Å². The summed E-state index contributed by atoms with van der Waals surface area (Å²) in [5, 5.41) is 5.56. The summed E-state index contributed by atoms with van der Waals surface area (Å²) in [4.78, 5) is 10.9. The third-order valence-electron chi connectivity index (χ3n) is 1.06. The molecule has 1 aliphatic heterocycles. The van der Waals surface area contributed by atoms with Crippen LogP contribution in [0.5, 0.6) is 0 Å². The Bertz CT molecular complexity index is 215. The molecular formula is C4H5N3OS2. The maximum atomic E-state index is 10.5. The van der Waals surface area contributed by atoms with Gasteiger partial charge in [-0.3, -0.25) is 4.79 Å². The van der Waals surface area contributed by atoms with Crippen LogP contribution >= 0.6 is 24.4 Å². The van der Waals surface area contributed by atoms with Crippen molar-refractivity contribution in [2.24, 2.45) is 5.73 Å². The van der Waals surface area contributed by atoms with Gasteiger partial charge in [0.05, 0.1) is 0 Å². The first-order valence-corrected chi connectivity index (χ1v) is 3.33. The van der Waals surface area contributed by atoms with Gasteiger partial charge in [-0.2, -0.15) is 0 Å². The minimum absolute atomic E-state index is 0.345. The maximum Gasteiger partial charge on any atom is 0.247 e. The van der Waals surface area contributed by atoms with Crippen molar-refractivity contribution >= 4 is 40.4 Å². The maximum absolute atomic E-state index is 10.5. The van der Waals surface area contributed by atoms with Crippen LogP contribution in [0.2, 0.25) is 0 Å². The van der Waals surface area contributed by atoms with E-state index in [1.165, 1.54) is 0 Å². The second-order valence-corrected chi connectivity index (χ2v) is 2.65. The van der Waals surface area contributed by atoms with E-state index < -0.39 is 11.9 Å². The Morgan fingerprint density at radius 1 is 1.60 bits per heavy atom. The molecule has 1 heterocycles. The number of hydrogen-bond donors (Lipinski definition) is 3. The summed E-state index contributed by atoms with van der Waals surface area (Å²) < 4.78 is 0. The van der Waals surface area contributed by atoms with Gasteiger partial charge in [-0.15, -0.1) is 0 Å². The van der Waals surface area contributed by atoms with E-state index >= 15 is 0 Å². The number of thiocarbonyl (C=S) groups is 2. The average molecular weight is 175 g/mol. The summed E-state index contributed by atoms with van der Waals surface area (Å²) in [5.74, 6) is -0.516. The molecule has 1 saturated heterocycles. The first-order chi connectivity index (χ1) is 4.61. The van der Waals surface area contributed by atoms with Crippen LogP contribution in [0.15, 0.2) is 0 Å². The van der Waals surface area contributed by atoms with E-state index in [-0.39, 0.29) is 0 Å². The van der Waals surface area contributed by atoms with Gasteiger partial charge in [-0.05, 0) is 12.2 Å². The van der Waals surface area contributed by atoms with Crippen molar-refractivity contribution in [1.29, 1.82) is 0 Å². The smallest absolute Gasteiger partial charge is 0.247 e. The fraction of sp³-hybridized carbons (Fsp3) is 0.250. The zero-order chi connectivity index (χ0) is 7.72. The number of rotatable bonds is 1. The SMILES string of the molecule is NC(=O)C1NC(=S)NC1=S. The lowest BCUT2D eigenvalue weighted by atomic mass is 10.3. The van der Waals surface area contributed by atoms with Gasteiger partial charge in [0.25, 0.3) is 0 Å². The summed E-state index contributed by atoms with van der Waals surface area (Å²) in [7, 11) is 0. The lowest BCUT2D eigenvalue weighted by Crippen LogP contribution is -2.41. The van der Waals surface area contributed by atoms with Crippen LogP contribution in [-0.4, -0.2) is 22.0 Å². The molecule has 1 unspecified atom stereocenters. The van der Waals surface area contributed by atoms with E-state index in [0.29, 0.717) is 10.1 Å². The molecule has 0 bridgehead atoms. The summed E-state index contributed by atoms with van der Waals surface area (Å²) >= 11 is 9.41. The molecule has 0 aromatic rings. The lowest BCUT2D eigenvalue weighted by Gasteiger charge is -2.01. The Labute approximate surface area is 68.1 Å². The Morgan fingerprint density at radius 2 is 2.20 bits per heavy atom. The predicted molar refractivity (Wildman–Crippen MR) is 44.4 cm³/mol. The van der Waals surface area contributed by atoms with Gasteiger partial charge in [0.2, 0.25) is 5.91 Å². The third kappa shape index (κ3) is 1.22. The summed E-state index contributed by atoms with van der Waals surface area (Å²) in [6.07, 6.45) is 0. The molecule has 4 N–H and O–H groups in total. The molecule has 0 aromatic heterocycles. The molecule has 1 rings (SSSR count). The van der Waals surface area contributed by atoms with E-state index in [9.17, 15) is 4.79 Å². The highest BCUT2D eigenvalue weighted by Crippen LogP contribution is 1.93. The average Bonchev–Trinajstić information content (AvgIpc) is 2.10. The second kappa shape index (κ2) is 2.47. The van der Waals surface area contributed by atoms with Crippen molar-refractivity contribution in [2.75, 3.05) is 0 Å². The summed E-state index contributed by atoms with van der Waals surface area (Å²) in [5.41, 5.74) is 4.96. The number of carbonyl (C=O) groups is 1. The Balaban J connectivity index is 2.72. The van der Waals surface area contributed by atoms with Crippen LogP contribution in [0.3, 0.4) is 0 Å². The van der Waals surface area contributed by atoms with Crippen LogP contribution in [0.1, 0.15) is 0 Å². The molecule has 0 aliphatic carbocycles. The molecule has 0 spiro atoms. The van der Waals surface area contributed by atoms with Crippen molar-refractivity contribution in [3.05, 3.63) is 0 Å². The summed E-state index contributed by atoms with van der Waals surface area (Å²) in [6, 6.07) is -0.623. The fourth-order valence-corrected chi connectivity index (χ4v) is 1.19. The molecule has 0 radical (unpaired) electrons. The molecule has 0 aromatic carbocycles. The third-order valence-corrected chi connectivity index (χ3v) is 1.62. The highest BCUT2D eigenvalue weighted by atomic mass is 32.1. The van der Waals surface area contributed by atoms with Crippen molar-refractivity contribution in [3.8, 4) is 0 Å². The number of amides is 1. The summed E-state index contributed by atoms with van der Waals surface area (Å²) in [6.45, 7) is 0. The molecule has 4 nitrogen and oxygen atoms in total. The normalized spacial score (nSPS) is 23.8. The Kier molecular flexibility index (Phi) is 1.82. The molecule has 1 fully saturated rings. The number of carbonyl (C=O) groups excluding carboxylic acids is 1. The Morgan fingerprint density at radius 3 is 2.40 bits per heavy atom. The number of nitrogens with two attached hydrogens (primary N) is 1. The second-order valence-electron chi connectivity index (χ2n) is 1.80. The molecule has 1 amide bonds. The van der Waals surface area contributed by atoms with Crippen LogP contribution in [0.25, 0.3) is 0 Å². The van der Waals surface area contributed by atoms with Gasteiger partial charge in [0, 0.05) is 0 Å². The quantitative estimate of drug-likeness (QED) is 0.430. The monoisotopic (exact) mass is 175 g/mol. The topological polar surface area (TPSA) is 67.2 Å². The molecular weight excluding hydrogens is 170 g/mol. The highest BCUT2D eigenvalue weighted by Gasteiger charge is 2.27. The largest absolute Gasteiger partial charge is 0.368 e. The minimum atomic E-state index is -0.623. The van der Waals surface area contributed by atoms with E-state index in [4.69, 9.17) is 18.0 Å². The van der Waals surface area contributed by atoms with E-state index in [1.807, 2.05) is 0 Å². The molecule has 1 atom stereocenters. The van der Waals surface area contributed by atoms with Crippen LogP contribution in [0, 0.1) is 0 Å². The first-order valence-electron chi connectivity index (χ1n) is 2.52. The van der Waals surface area contributed by atoms with E-state index in [0.717, 1.165) is 0 Å². The van der Waals surface area contributed by atoms with Gasteiger partial charge in [-0.1, -0.05) is 12.2 Å². The predicted octanol–water partition coefficient (Wildman–Crippen LogP) is -1.35. The number of primary amides is 1. The zero-order valence-electron chi connectivity index (χ0n) is 4.88. The van der Waals surface area contributed by atoms with Crippen LogP contribution < -0.4 is 16.4 Å². The molecule has 54 valence electrons. The standard InChI is InChI=1S/C4H5N3OS2/c5-2(8)1-3(9)7-4(10)6-1/h1H,(H2,5,8)(H2,6,7,9,10). The highest BCUT2D eigenvalue weighted by molar-refractivity contribution is 7.82. The molecule has 0 saturated carbocycles. The van der Waals surface area contributed by atoms with Gasteiger partial charge in [0.1, 0.15) is 4.99 Å². The molecule has 6 heteroatoms. The molecule has 10 heavy (non-hydrogen) atoms. The first kappa shape index (κ1) is 7.36. The van der Waals surface area contributed by atoms with Crippen LogP contribution in [0.4, 0.5) is 0 Å². The zero-order valence-corrected chi connectivity index (χ0v) is 6.51. The molecule has 1 aliphatic rings. The lowest BCUT2D eigenvalue weighted by molar-refractivity contribution is -0.118. The van der Waals surface area contributed by atoms with Crippen molar-refractivity contribution in [1.82, 2.24) is 10.6 Å². The Hall–Kier alpha value is -0.750. The van der Waals surface area contributed by atoms with Crippen molar-refractivity contribution in [3.63, 3.8) is 0 Å². The number of hydrogen-bond acceptors (Lipinski definition) is 3. The fourth-order valence-electron chi connectivity index (χ4n) is 0.617. The van der Waals surface area contributed by atoms with E-state index in [2.05, 4.69) is 22.9 Å².